The van der Waals surface area contributed by atoms with Gasteiger partial charge in [-0.15, -0.1) is 0 Å². The molecule has 6 rings (SSSR count). The third kappa shape index (κ3) is 2.98. The van der Waals surface area contributed by atoms with Crippen molar-refractivity contribution in [2.24, 2.45) is 0 Å². The lowest BCUT2D eigenvalue weighted by Gasteiger charge is -2.36. The van der Waals surface area contributed by atoms with Crippen LogP contribution >= 0.6 is 0 Å². The van der Waals surface area contributed by atoms with Gasteiger partial charge in [0.2, 0.25) is 0 Å². The molecule has 0 aromatic heterocycles. The third-order valence-electron chi connectivity index (χ3n) is 7.55. The van der Waals surface area contributed by atoms with Gasteiger partial charge >= 0.3 is 0 Å². The molecule has 2 aliphatic carbocycles. The number of Topliss-reactive ketones (excluding diaryl/α,β-unsaturated/α-hetero) is 1. The number of hydrogen-bond acceptors (Lipinski definition) is 5. The second-order valence-electron chi connectivity index (χ2n) is 9.40. The maximum atomic E-state index is 13.2. The van der Waals surface area contributed by atoms with Gasteiger partial charge in [0.15, 0.2) is 28.8 Å². The monoisotopic (exact) mass is 464 g/mol. The van der Waals surface area contributed by atoms with Gasteiger partial charge in [-0.05, 0) is 76.1 Å². The molecule has 5 heteroatoms. The average Bonchev–Trinajstić information content (AvgIpc) is 3.15. The molecule has 0 saturated carbocycles. The molecule has 2 aliphatic rings. The summed E-state index contributed by atoms with van der Waals surface area (Å²) in [4.78, 5) is 13.2. The van der Waals surface area contributed by atoms with Crippen molar-refractivity contribution in [1.82, 2.24) is 0 Å². The summed E-state index contributed by atoms with van der Waals surface area (Å²) in [6.45, 7) is 0. The third-order valence-corrected chi connectivity index (χ3v) is 7.55. The van der Waals surface area contributed by atoms with Crippen molar-refractivity contribution >= 4 is 5.78 Å². The summed E-state index contributed by atoms with van der Waals surface area (Å²) >= 11 is 0. The lowest BCUT2D eigenvalue weighted by atomic mass is 9.66. The molecule has 0 fully saturated rings. The van der Waals surface area contributed by atoms with Gasteiger partial charge in [-0.25, -0.2) is 0 Å². The molecule has 174 valence electrons. The zero-order valence-electron chi connectivity index (χ0n) is 19.0. The fourth-order valence-electron chi connectivity index (χ4n) is 6.01. The van der Waals surface area contributed by atoms with Crippen LogP contribution in [0.1, 0.15) is 52.7 Å². The number of aromatic hydroxyl groups is 4. The van der Waals surface area contributed by atoms with Crippen LogP contribution in [0.15, 0.2) is 72.8 Å². The van der Waals surface area contributed by atoms with Crippen LogP contribution in [-0.2, 0) is 5.41 Å². The smallest absolute Gasteiger partial charge is 0.163 e. The fraction of sp³-hybridized carbons (Fsp3) is 0.167. The zero-order chi connectivity index (χ0) is 24.3. The number of ketones is 1. The Morgan fingerprint density at radius 1 is 0.543 bits per heavy atom. The highest BCUT2D eigenvalue weighted by molar-refractivity contribution is 6.04. The molecule has 0 heterocycles. The van der Waals surface area contributed by atoms with Crippen LogP contribution in [0.5, 0.6) is 23.0 Å². The first-order valence-electron chi connectivity index (χ1n) is 11.8. The summed E-state index contributed by atoms with van der Waals surface area (Å²) in [5, 5.41) is 41.8. The van der Waals surface area contributed by atoms with Crippen LogP contribution in [-0.4, -0.2) is 26.2 Å². The first kappa shape index (κ1) is 21.3. The molecule has 0 atom stereocenters. The van der Waals surface area contributed by atoms with E-state index >= 15 is 0 Å². The summed E-state index contributed by atoms with van der Waals surface area (Å²) < 4.78 is 0. The van der Waals surface area contributed by atoms with E-state index in [0.717, 1.165) is 34.2 Å². The topological polar surface area (TPSA) is 98.0 Å². The number of carbonyl (C=O) groups is 1. The second-order valence-corrected chi connectivity index (χ2v) is 9.40. The van der Waals surface area contributed by atoms with Crippen molar-refractivity contribution in [3.8, 4) is 45.3 Å². The normalized spacial score (nSPS) is 15.7. The van der Waals surface area contributed by atoms with E-state index in [9.17, 15) is 25.2 Å². The molecular weight excluding hydrogens is 440 g/mol. The number of rotatable bonds is 0. The number of carbonyl (C=O) groups excluding carboxylic acids is 1. The van der Waals surface area contributed by atoms with Crippen LogP contribution in [0.25, 0.3) is 22.3 Å². The number of hydrogen-bond donors (Lipinski definition) is 4. The van der Waals surface area contributed by atoms with Gasteiger partial charge < -0.3 is 20.4 Å². The molecule has 4 aromatic carbocycles. The molecule has 0 saturated heterocycles. The lowest BCUT2D eigenvalue weighted by Crippen LogP contribution is -2.28. The quantitative estimate of drug-likeness (QED) is 0.231. The van der Waals surface area contributed by atoms with Crippen molar-refractivity contribution in [1.29, 1.82) is 0 Å². The Labute approximate surface area is 202 Å². The van der Waals surface area contributed by atoms with Gasteiger partial charge in [0.1, 0.15) is 0 Å². The van der Waals surface area contributed by atoms with Crippen molar-refractivity contribution in [3.05, 3.63) is 95.1 Å². The Morgan fingerprint density at radius 3 is 1.69 bits per heavy atom. The largest absolute Gasteiger partial charge is 0.504 e. The molecule has 4 N–H and O–H groups in total. The minimum Gasteiger partial charge on any atom is -0.504 e. The van der Waals surface area contributed by atoms with E-state index in [1.54, 1.807) is 6.07 Å². The minimum atomic E-state index is -0.640. The maximum absolute atomic E-state index is 13.2. The Balaban J connectivity index is 1.79. The summed E-state index contributed by atoms with van der Waals surface area (Å²) in [7, 11) is 0. The van der Waals surface area contributed by atoms with Gasteiger partial charge in [0, 0.05) is 17.4 Å². The molecule has 35 heavy (non-hydrogen) atoms. The molecule has 0 radical (unpaired) electrons. The lowest BCUT2D eigenvalue weighted by molar-refractivity contribution is 0.0978. The zero-order valence-corrected chi connectivity index (χ0v) is 19.0. The Morgan fingerprint density at radius 2 is 1.06 bits per heavy atom. The van der Waals surface area contributed by atoms with E-state index in [0.29, 0.717) is 30.4 Å². The van der Waals surface area contributed by atoms with E-state index in [-0.39, 0.29) is 34.3 Å². The summed E-state index contributed by atoms with van der Waals surface area (Å²) in [6, 6.07) is 22.2. The predicted molar refractivity (Wildman–Crippen MR) is 133 cm³/mol. The average molecular weight is 465 g/mol. The molecule has 0 amide bonds. The highest BCUT2D eigenvalue weighted by Crippen LogP contribution is 2.58. The molecule has 1 spiro atoms. The summed E-state index contributed by atoms with van der Waals surface area (Å²) in [5.41, 5.74) is 5.76. The SMILES string of the molecule is O=C1CCCCC2(c3cc(O)c(O)cc3-c3cc(O)c(O)cc31)c1ccccc1-c1ccccc12. The van der Waals surface area contributed by atoms with Crippen LogP contribution in [0.2, 0.25) is 0 Å². The molecule has 0 bridgehead atoms. The Bertz CT molecular complexity index is 1470. The van der Waals surface area contributed by atoms with E-state index in [4.69, 9.17) is 0 Å². The molecule has 4 aromatic rings. The highest BCUT2D eigenvalue weighted by Gasteiger charge is 2.46. The predicted octanol–water partition coefficient (Wildman–Crippen LogP) is 6.25. The van der Waals surface area contributed by atoms with E-state index < -0.39 is 5.41 Å². The van der Waals surface area contributed by atoms with Gasteiger partial charge in [0.25, 0.3) is 0 Å². The molecular formula is C30H24O5. The van der Waals surface area contributed by atoms with Crippen LogP contribution < -0.4 is 0 Å². The van der Waals surface area contributed by atoms with E-state index in [1.165, 1.54) is 18.2 Å². The molecule has 0 unspecified atom stereocenters. The maximum Gasteiger partial charge on any atom is 0.163 e. The molecule has 5 nitrogen and oxygen atoms in total. The van der Waals surface area contributed by atoms with Crippen LogP contribution in [0.4, 0.5) is 0 Å². The highest BCUT2D eigenvalue weighted by atomic mass is 16.3. The van der Waals surface area contributed by atoms with Gasteiger partial charge in [-0.2, -0.15) is 0 Å². The van der Waals surface area contributed by atoms with E-state index in [1.807, 2.05) is 24.3 Å². The number of phenols is 4. The first-order chi connectivity index (χ1) is 16.9. The van der Waals surface area contributed by atoms with Crippen molar-refractivity contribution in [3.63, 3.8) is 0 Å². The molecule has 0 aliphatic heterocycles. The summed E-state index contributed by atoms with van der Waals surface area (Å²) in [5.74, 6) is -1.44. The minimum absolute atomic E-state index is 0.142. The number of fused-ring (bicyclic) bond motifs is 9. The fourth-order valence-corrected chi connectivity index (χ4v) is 6.01. The summed E-state index contributed by atoms with van der Waals surface area (Å²) in [6.07, 6.45) is 2.42. The Kier molecular flexibility index (Phi) is 4.65. The van der Waals surface area contributed by atoms with Crippen molar-refractivity contribution in [2.75, 3.05) is 0 Å². The van der Waals surface area contributed by atoms with Crippen LogP contribution in [0.3, 0.4) is 0 Å². The van der Waals surface area contributed by atoms with Gasteiger partial charge in [-0.3, -0.25) is 4.79 Å². The Hall–Kier alpha value is -4.25. The number of phenolic OH excluding ortho intramolecular Hbond substituents is 4. The number of benzene rings is 4. The first-order valence-corrected chi connectivity index (χ1v) is 11.8. The standard InChI is InChI=1S/C30H24O5/c31-25-11-5-6-12-30(22-9-3-1-7-17(22)18-8-2-4-10-23(18)30)24-16-29(35)27(33)14-20(24)19-13-26(32)28(34)15-21(19)25/h1-4,7-10,13-16,32-35H,5-6,11-12H2. The van der Waals surface area contributed by atoms with Gasteiger partial charge in [-0.1, -0.05) is 55.0 Å². The van der Waals surface area contributed by atoms with E-state index in [2.05, 4.69) is 24.3 Å². The van der Waals surface area contributed by atoms with Gasteiger partial charge in [0.05, 0.1) is 0 Å². The van der Waals surface area contributed by atoms with Crippen molar-refractivity contribution < 1.29 is 25.2 Å². The van der Waals surface area contributed by atoms with Crippen molar-refractivity contribution in [2.45, 2.75) is 31.1 Å². The van der Waals surface area contributed by atoms with Crippen LogP contribution in [0, 0.1) is 0 Å². The second kappa shape index (κ2) is 7.64.